The summed E-state index contributed by atoms with van der Waals surface area (Å²) in [5.74, 6) is 0.240. The van der Waals surface area contributed by atoms with Crippen LogP contribution in [0.5, 0.6) is 0 Å². The number of Topliss-reactive ketones (excluding diaryl/α,β-unsaturated/α-hetero) is 1. The van der Waals surface area contributed by atoms with Gasteiger partial charge in [0.25, 0.3) is 0 Å². The lowest BCUT2D eigenvalue weighted by atomic mass is 9.96. The first-order valence-corrected chi connectivity index (χ1v) is 5.82. The Balaban J connectivity index is 2.24. The van der Waals surface area contributed by atoms with Gasteiger partial charge in [-0.3, -0.25) is 4.79 Å². The van der Waals surface area contributed by atoms with Gasteiger partial charge < -0.3 is 9.72 Å². The normalized spacial score (nSPS) is 25.0. The number of hydrogen-bond donors (Lipinski definition) is 1. The summed E-state index contributed by atoms with van der Waals surface area (Å²) >= 11 is 0. The molecule has 88 valence electrons. The molecule has 0 radical (unpaired) electrons. The number of aryl methyl sites for hydroxylation is 1. The second kappa shape index (κ2) is 4.06. The molecule has 1 aromatic rings. The summed E-state index contributed by atoms with van der Waals surface area (Å²) < 4.78 is 5.45. The molecule has 2 heterocycles. The zero-order valence-corrected chi connectivity index (χ0v) is 10.4. The molecule has 0 aliphatic carbocycles. The second-order valence-electron chi connectivity index (χ2n) is 4.82. The topological polar surface area (TPSA) is 42.1 Å². The number of H-pyrrole nitrogens is 1. The highest BCUT2D eigenvalue weighted by atomic mass is 16.5. The van der Waals surface area contributed by atoms with Crippen molar-refractivity contribution in [2.24, 2.45) is 5.92 Å². The molecule has 2 unspecified atom stereocenters. The van der Waals surface area contributed by atoms with Crippen LogP contribution in [-0.4, -0.2) is 23.5 Å². The van der Waals surface area contributed by atoms with Gasteiger partial charge >= 0.3 is 0 Å². The van der Waals surface area contributed by atoms with Crippen LogP contribution < -0.4 is 0 Å². The lowest BCUT2D eigenvalue weighted by Crippen LogP contribution is -2.16. The number of ether oxygens (including phenoxy) is 1. The lowest BCUT2D eigenvalue weighted by Gasteiger charge is -2.06. The molecule has 3 nitrogen and oxygen atoms in total. The van der Waals surface area contributed by atoms with Crippen molar-refractivity contribution in [2.45, 2.75) is 40.2 Å². The SMILES string of the molecule is Cc1[nH]c(C(=O)C2COC(C)C2)c(C)c1C. The summed E-state index contributed by atoms with van der Waals surface area (Å²) in [5.41, 5.74) is 4.14. The summed E-state index contributed by atoms with van der Waals surface area (Å²) in [7, 11) is 0. The van der Waals surface area contributed by atoms with Gasteiger partial charge in [0.05, 0.1) is 18.4 Å². The minimum absolute atomic E-state index is 0.0335. The van der Waals surface area contributed by atoms with Crippen molar-refractivity contribution in [3.8, 4) is 0 Å². The van der Waals surface area contributed by atoms with Crippen molar-refractivity contribution >= 4 is 5.78 Å². The molecule has 0 spiro atoms. The molecule has 2 rings (SSSR count). The van der Waals surface area contributed by atoms with Gasteiger partial charge in [-0.25, -0.2) is 0 Å². The van der Waals surface area contributed by atoms with Crippen molar-refractivity contribution in [3.05, 3.63) is 22.5 Å². The van der Waals surface area contributed by atoms with Crippen LogP contribution in [0.1, 0.15) is 40.7 Å². The van der Waals surface area contributed by atoms with E-state index in [1.807, 2.05) is 27.7 Å². The summed E-state index contributed by atoms with van der Waals surface area (Å²) in [4.78, 5) is 15.5. The summed E-state index contributed by atoms with van der Waals surface area (Å²) in [5, 5.41) is 0. The summed E-state index contributed by atoms with van der Waals surface area (Å²) in [6, 6.07) is 0. The predicted molar refractivity (Wildman–Crippen MR) is 62.9 cm³/mol. The summed E-state index contributed by atoms with van der Waals surface area (Å²) in [6.07, 6.45) is 1.06. The van der Waals surface area contributed by atoms with Gasteiger partial charge in [0.1, 0.15) is 0 Å². The monoisotopic (exact) mass is 221 g/mol. The molecule has 2 atom stereocenters. The Morgan fingerprint density at radius 2 is 2.00 bits per heavy atom. The van der Waals surface area contributed by atoms with Crippen molar-refractivity contribution in [1.82, 2.24) is 4.98 Å². The fraction of sp³-hybridized carbons (Fsp3) is 0.615. The highest BCUT2D eigenvalue weighted by Gasteiger charge is 2.30. The van der Waals surface area contributed by atoms with Crippen LogP contribution in [0.25, 0.3) is 0 Å². The maximum Gasteiger partial charge on any atom is 0.184 e. The first-order chi connectivity index (χ1) is 7.50. The highest BCUT2D eigenvalue weighted by molar-refractivity contribution is 5.98. The Kier molecular flexibility index (Phi) is 2.89. The minimum atomic E-state index is 0.0335. The quantitative estimate of drug-likeness (QED) is 0.780. The molecule has 1 saturated heterocycles. The van der Waals surface area contributed by atoms with E-state index >= 15 is 0 Å². The second-order valence-corrected chi connectivity index (χ2v) is 4.82. The molecule has 1 fully saturated rings. The number of aromatic amines is 1. The van der Waals surface area contributed by atoms with E-state index in [1.54, 1.807) is 0 Å². The molecule has 0 aromatic carbocycles. The molecule has 1 aliphatic heterocycles. The number of nitrogens with one attached hydrogen (secondary N) is 1. The van der Waals surface area contributed by atoms with Crippen LogP contribution in [0.15, 0.2) is 0 Å². The van der Waals surface area contributed by atoms with E-state index in [2.05, 4.69) is 4.98 Å². The average Bonchev–Trinajstić information content (AvgIpc) is 2.78. The lowest BCUT2D eigenvalue weighted by molar-refractivity contribution is 0.0873. The highest BCUT2D eigenvalue weighted by Crippen LogP contribution is 2.26. The Morgan fingerprint density at radius 3 is 2.44 bits per heavy atom. The van der Waals surface area contributed by atoms with Crippen molar-refractivity contribution in [3.63, 3.8) is 0 Å². The van der Waals surface area contributed by atoms with E-state index in [-0.39, 0.29) is 17.8 Å². The van der Waals surface area contributed by atoms with E-state index in [9.17, 15) is 4.79 Å². The Morgan fingerprint density at radius 1 is 1.31 bits per heavy atom. The minimum Gasteiger partial charge on any atom is -0.378 e. The standard InChI is InChI=1S/C13H19NO2/c1-7-5-11(6-16-7)13(15)12-9(3)8(2)10(4)14-12/h7,11,14H,5-6H2,1-4H3. The smallest absolute Gasteiger partial charge is 0.184 e. The Hall–Kier alpha value is -1.09. The third-order valence-electron chi connectivity index (χ3n) is 3.63. The number of ketones is 1. The van der Waals surface area contributed by atoms with Gasteiger partial charge in [-0.15, -0.1) is 0 Å². The van der Waals surface area contributed by atoms with Gasteiger partial charge in [-0.2, -0.15) is 0 Å². The van der Waals surface area contributed by atoms with Crippen LogP contribution >= 0.6 is 0 Å². The predicted octanol–water partition coefficient (Wildman–Crippen LogP) is 2.55. The third-order valence-corrected chi connectivity index (χ3v) is 3.63. The van der Waals surface area contributed by atoms with Crippen LogP contribution in [0.2, 0.25) is 0 Å². The molecule has 1 aliphatic rings. The molecule has 1 N–H and O–H groups in total. The Labute approximate surface area is 96.2 Å². The van der Waals surface area contributed by atoms with E-state index < -0.39 is 0 Å². The van der Waals surface area contributed by atoms with E-state index in [1.165, 1.54) is 5.56 Å². The Bertz CT molecular complexity index is 420. The molecule has 0 amide bonds. The van der Waals surface area contributed by atoms with E-state index in [0.717, 1.165) is 23.4 Å². The van der Waals surface area contributed by atoms with Gasteiger partial charge in [-0.05, 0) is 45.2 Å². The van der Waals surface area contributed by atoms with Crippen molar-refractivity contribution in [2.75, 3.05) is 6.61 Å². The van der Waals surface area contributed by atoms with Gasteiger partial charge in [0.15, 0.2) is 5.78 Å². The van der Waals surface area contributed by atoms with Crippen molar-refractivity contribution < 1.29 is 9.53 Å². The molecule has 1 aromatic heterocycles. The number of carbonyl (C=O) groups excluding carboxylic acids is 1. The zero-order valence-electron chi connectivity index (χ0n) is 10.4. The molecule has 0 bridgehead atoms. The van der Waals surface area contributed by atoms with Crippen LogP contribution in [0, 0.1) is 26.7 Å². The van der Waals surface area contributed by atoms with Crippen LogP contribution in [-0.2, 0) is 4.74 Å². The summed E-state index contributed by atoms with van der Waals surface area (Å²) in [6.45, 7) is 8.64. The van der Waals surface area contributed by atoms with Gasteiger partial charge in [-0.1, -0.05) is 0 Å². The fourth-order valence-electron chi connectivity index (χ4n) is 2.29. The molecule has 3 heteroatoms. The van der Waals surface area contributed by atoms with Crippen LogP contribution in [0.4, 0.5) is 0 Å². The van der Waals surface area contributed by atoms with Gasteiger partial charge in [0.2, 0.25) is 0 Å². The maximum absolute atomic E-state index is 12.3. The average molecular weight is 221 g/mol. The zero-order chi connectivity index (χ0) is 11.9. The first kappa shape index (κ1) is 11.4. The molecular formula is C13H19NO2. The fourth-order valence-corrected chi connectivity index (χ4v) is 2.29. The number of carbonyl (C=O) groups is 1. The largest absolute Gasteiger partial charge is 0.378 e. The van der Waals surface area contributed by atoms with Crippen molar-refractivity contribution in [1.29, 1.82) is 0 Å². The third kappa shape index (κ3) is 1.80. The van der Waals surface area contributed by atoms with E-state index in [4.69, 9.17) is 4.74 Å². The molecule has 0 saturated carbocycles. The van der Waals surface area contributed by atoms with E-state index in [0.29, 0.717) is 6.61 Å². The first-order valence-electron chi connectivity index (χ1n) is 5.82. The molecule has 16 heavy (non-hydrogen) atoms. The number of hydrogen-bond acceptors (Lipinski definition) is 2. The van der Waals surface area contributed by atoms with Gasteiger partial charge in [0, 0.05) is 11.6 Å². The number of aromatic nitrogens is 1. The number of rotatable bonds is 2. The van der Waals surface area contributed by atoms with Crippen LogP contribution in [0.3, 0.4) is 0 Å². The maximum atomic E-state index is 12.3. The molecular weight excluding hydrogens is 202 g/mol.